The van der Waals surface area contributed by atoms with E-state index in [1.165, 1.54) is 6.07 Å². The molecule has 0 spiro atoms. The van der Waals surface area contributed by atoms with Crippen molar-refractivity contribution in [2.45, 2.75) is 19.1 Å². The van der Waals surface area contributed by atoms with Gasteiger partial charge in [-0.15, -0.1) is 12.4 Å². The number of aliphatic hydroxyl groups excluding tert-OH is 1. The Labute approximate surface area is 107 Å². The van der Waals surface area contributed by atoms with Crippen molar-refractivity contribution in [2.24, 2.45) is 5.73 Å². The van der Waals surface area contributed by atoms with E-state index in [-0.39, 0.29) is 18.1 Å². The second-order valence-electron chi connectivity index (χ2n) is 3.23. The maximum absolute atomic E-state index is 10.6. The summed E-state index contributed by atoms with van der Waals surface area (Å²) in [7, 11) is 0. The van der Waals surface area contributed by atoms with Gasteiger partial charge in [0, 0.05) is 6.07 Å². The van der Waals surface area contributed by atoms with Crippen molar-refractivity contribution in [2.75, 3.05) is 0 Å². The zero-order valence-corrected chi connectivity index (χ0v) is 10.9. The minimum absolute atomic E-state index is 0. The highest BCUT2D eigenvalue weighted by Crippen LogP contribution is 2.28. The SMILES string of the molecule is C[C@H](O)[C@H](N)c1ccc(Br)c([N+](=O)[O-])c1.Cl. The number of nitrogens with two attached hydrogens (primary N) is 1. The molecule has 0 aromatic heterocycles. The summed E-state index contributed by atoms with van der Waals surface area (Å²) in [5.41, 5.74) is 6.16. The van der Waals surface area contributed by atoms with E-state index in [0.717, 1.165) is 0 Å². The molecular weight excluding hydrogens is 299 g/mol. The molecule has 0 fully saturated rings. The van der Waals surface area contributed by atoms with Crippen LogP contribution in [0, 0.1) is 10.1 Å². The van der Waals surface area contributed by atoms with Crippen molar-refractivity contribution < 1.29 is 10.0 Å². The fourth-order valence-electron chi connectivity index (χ4n) is 1.16. The van der Waals surface area contributed by atoms with Crippen LogP contribution >= 0.6 is 28.3 Å². The van der Waals surface area contributed by atoms with Crippen molar-refractivity contribution in [3.8, 4) is 0 Å². The molecule has 0 aliphatic carbocycles. The molecule has 1 aromatic rings. The molecule has 1 aromatic carbocycles. The van der Waals surface area contributed by atoms with Crippen molar-refractivity contribution in [1.82, 2.24) is 0 Å². The first-order valence-electron chi connectivity index (χ1n) is 4.31. The van der Waals surface area contributed by atoms with Gasteiger partial charge in [-0.05, 0) is 34.5 Å². The summed E-state index contributed by atoms with van der Waals surface area (Å²) in [6.07, 6.45) is -0.745. The summed E-state index contributed by atoms with van der Waals surface area (Å²) in [6, 6.07) is 3.95. The van der Waals surface area contributed by atoms with E-state index in [4.69, 9.17) is 5.73 Å². The molecule has 90 valence electrons. The number of rotatable bonds is 3. The topological polar surface area (TPSA) is 89.4 Å². The second-order valence-corrected chi connectivity index (χ2v) is 4.09. The second kappa shape index (κ2) is 6.15. The highest BCUT2D eigenvalue weighted by Gasteiger charge is 2.18. The first-order chi connectivity index (χ1) is 6.93. The number of hydrogen-bond donors (Lipinski definition) is 2. The standard InChI is InChI=1S/C9H11BrN2O3.ClH/c1-5(13)9(11)6-2-3-7(10)8(4-6)12(14)15;/h2-5,9,13H,11H2,1H3;1H/t5-,9-;/m0./s1. The third-order valence-electron chi connectivity index (χ3n) is 2.07. The molecule has 0 unspecified atom stereocenters. The molecule has 0 saturated carbocycles. The molecule has 2 atom stereocenters. The third-order valence-corrected chi connectivity index (χ3v) is 2.74. The Kier molecular flexibility index (Phi) is 5.88. The van der Waals surface area contributed by atoms with Crippen LogP contribution in [0.3, 0.4) is 0 Å². The van der Waals surface area contributed by atoms with Crippen LogP contribution in [0.25, 0.3) is 0 Å². The minimum Gasteiger partial charge on any atom is -0.391 e. The van der Waals surface area contributed by atoms with E-state index < -0.39 is 17.1 Å². The predicted octanol–water partition coefficient (Wildman–Crippen LogP) is 2.16. The fourth-order valence-corrected chi connectivity index (χ4v) is 1.55. The van der Waals surface area contributed by atoms with Gasteiger partial charge in [0.2, 0.25) is 0 Å². The fraction of sp³-hybridized carbons (Fsp3) is 0.333. The van der Waals surface area contributed by atoms with E-state index in [1.54, 1.807) is 19.1 Å². The number of nitro benzene ring substituents is 1. The van der Waals surface area contributed by atoms with Gasteiger partial charge in [0.05, 0.1) is 21.5 Å². The van der Waals surface area contributed by atoms with Crippen LogP contribution in [-0.4, -0.2) is 16.1 Å². The number of nitro groups is 1. The van der Waals surface area contributed by atoms with E-state index in [2.05, 4.69) is 15.9 Å². The zero-order chi connectivity index (χ0) is 11.6. The van der Waals surface area contributed by atoms with Crippen LogP contribution in [0.5, 0.6) is 0 Å². The van der Waals surface area contributed by atoms with E-state index in [0.29, 0.717) is 10.0 Å². The molecule has 1 rings (SSSR count). The molecule has 0 bridgehead atoms. The number of halogens is 2. The van der Waals surface area contributed by atoms with Gasteiger partial charge >= 0.3 is 0 Å². The largest absolute Gasteiger partial charge is 0.391 e. The van der Waals surface area contributed by atoms with E-state index >= 15 is 0 Å². The number of hydrogen-bond acceptors (Lipinski definition) is 4. The molecule has 5 nitrogen and oxygen atoms in total. The average molecular weight is 312 g/mol. The number of aliphatic hydroxyl groups is 1. The first-order valence-corrected chi connectivity index (χ1v) is 5.10. The summed E-state index contributed by atoms with van der Waals surface area (Å²) in [5.74, 6) is 0. The lowest BCUT2D eigenvalue weighted by Gasteiger charge is -2.14. The van der Waals surface area contributed by atoms with Gasteiger partial charge in [-0.3, -0.25) is 10.1 Å². The molecule has 7 heteroatoms. The summed E-state index contributed by atoms with van der Waals surface area (Å²) >= 11 is 3.07. The van der Waals surface area contributed by atoms with Crippen LogP contribution in [0.4, 0.5) is 5.69 Å². The highest BCUT2D eigenvalue weighted by molar-refractivity contribution is 9.10. The number of benzene rings is 1. The summed E-state index contributed by atoms with van der Waals surface area (Å²) in [4.78, 5) is 10.1. The first kappa shape index (κ1) is 15.3. The van der Waals surface area contributed by atoms with E-state index in [1.807, 2.05) is 0 Å². The monoisotopic (exact) mass is 310 g/mol. The van der Waals surface area contributed by atoms with Gasteiger partial charge in [-0.25, -0.2) is 0 Å². The lowest BCUT2D eigenvalue weighted by atomic mass is 10.0. The Morgan fingerprint density at radius 1 is 1.56 bits per heavy atom. The molecule has 0 amide bonds. The Balaban J connectivity index is 0.00000225. The van der Waals surface area contributed by atoms with Crippen molar-refractivity contribution >= 4 is 34.0 Å². The van der Waals surface area contributed by atoms with Gasteiger partial charge in [0.15, 0.2) is 0 Å². The molecule has 0 heterocycles. The van der Waals surface area contributed by atoms with Gasteiger partial charge < -0.3 is 10.8 Å². The Hall–Kier alpha value is -0.690. The zero-order valence-electron chi connectivity index (χ0n) is 8.46. The molecular formula is C9H12BrClN2O3. The average Bonchev–Trinajstić information content (AvgIpc) is 2.16. The van der Waals surface area contributed by atoms with Gasteiger partial charge in [0.25, 0.3) is 5.69 Å². The lowest BCUT2D eigenvalue weighted by Crippen LogP contribution is -2.23. The molecule has 0 radical (unpaired) electrons. The Morgan fingerprint density at radius 3 is 2.56 bits per heavy atom. The van der Waals surface area contributed by atoms with Crippen LogP contribution in [-0.2, 0) is 0 Å². The quantitative estimate of drug-likeness (QED) is 0.661. The smallest absolute Gasteiger partial charge is 0.283 e. The summed E-state index contributed by atoms with van der Waals surface area (Å²) < 4.78 is 0.397. The highest BCUT2D eigenvalue weighted by atomic mass is 79.9. The Morgan fingerprint density at radius 2 is 2.12 bits per heavy atom. The summed E-state index contributed by atoms with van der Waals surface area (Å²) in [6.45, 7) is 1.54. The van der Waals surface area contributed by atoms with E-state index in [9.17, 15) is 15.2 Å². The normalized spacial score (nSPS) is 13.8. The van der Waals surface area contributed by atoms with Gasteiger partial charge in [0.1, 0.15) is 0 Å². The van der Waals surface area contributed by atoms with Crippen LogP contribution in [0.2, 0.25) is 0 Å². The van der Waals surface area contributed by atoms with Crippen LogP contribution in [0.1, 0.15) is 18.5 Å². The minimum atomic E-state index is -0.745. The molecule has 0 saturated heterocycles. The summed E-state index contributed by atoms with van der Waals surface area (Å²) in [5, 5.41) is 19.9. The maximum atomic E-state index is 10.6. The van der Waals surface area contributed by atoms with Gasteiger partial charge in [-0.1, -0.05) is 6.07 Å². The molecule has 0 aliphatic heterocycles. The Bertz CT molecular complexity index is 387. The number of nitrogens with zero attached hydrogens (tertiary/aromatic N) is 1. The van der Waals surface area contributed by atoms with Crippen molar-refractivity contribution in [1.29, 1.82) is 0 Å². The molecule has 16 heavy (non-hydrogen) atoms. The van der Waals surface area contributed by atoms with Crippen molar-refractivity contribution in [3.05, 3.63) is 38.3 Å². The van der Waals surface area contributed by atoms with Crippen LogP contribution < -0.4 is 5.73 Å². The lowest BCUT2D eigenvalue weighted by molar-refractivity contribution is -0.385. The molecule has 0 aliphatic rings. The predicted molar refractivity (Wildman–Crippen MR) is 66.7 cm³/mol. The van der Waals surface area contributed by atoms with Crippen LogP contribution in [0.15, 0.2) is 22.7 Å². The molecule has 3 N–H and O–H groups in total. The maximum Gasteiger partial charge on any atom is 0.283 e. The van der Waals surface area contributed by atoms with Gasteiger partial charge in [-0.2, -0.15) is 0 Å². The van der Waals surface area contributed by atoms with Crippen molar-refractivity contribution in [3.63, 3.8) is 0 Å². The third kappa shape index (κ3) is 3.41.